The normalized spacial score (nSPS) is 16.1. The van der Waals surface area contributed by atoms with E-state index in [2.05, 4.69) is 10.6 Å². The number of rotatable bonds is 7. The van der Waals surface area contributed by atoms with Crippen LogP contribution in [0.5, 0.6) is 5.75 Å². The van der Waals surface area contributed by atoms with Gasteiger partial charge in [0.2, 0.25) is 5.91 Å². The summed E-state index contributed by atoms with van der Waals surface area (Å²) in [6.07, 6.45) is 0. The summed E-state index contributed by atoms with van der Waals surface area (Å²) in [7, 11) is 1.64. The lowest BCUT2D eigenvalue weighted by Crippen LogP contribution is -2.48. The summed E-state index contributed by atoms with van der Waals surface area (Å²) in [5, 5.41) is 6.18. The zero-order valence-electron chi connectivity index (χ0n) is 12.9. The molecule has 1 aliphatic heterocycles. The molecule has 1 unspecified atom stereocenters. The lowest BCUT2D eigenvalue weighted by atomic mass is 9.88. The van der Waals surface area contributed by atoms with Crippen LogP contribution in [0.4, 0.5) is 5.69 Å². The van der Waals surface area contributed by atoms with Gasteiger partial charge in [0.25, 0.3) is 0 Å². The Balaban J connectivity index is 2.01. The molecule has 0 aromatic heterocycles. The molecule has 21 heavy (non-hydrogen) atoms. The fourth-order valence-electron chi connectivity index (χ4n) is 2.21. The molecule has 116 valence electrons. The quantitative estimate of drug-likeness (QED) is 0.753. The molecule has 5 nitrogen and oxygen atoms in total. The van der Waals surface area contributed by atoms with Crippen molar-refractivity contribution in [3.63, 3.8) is 0 Å². The number of benzene rings is 1. The lowest BCUT2D eigenvalue weighted by Gasteiger charge is -2.31. The Bertz CT molecular complexity index is 486. The SMILES string of the molecule is COCCOc1cc(C)ccc1NC(=O)C(C)C1CNC1. The molecule has 0 spiro atoms. The molecule has 1 fully saturated rings. The van der Waals surface area contributed by atoms with Crippen LogP contribution in [0.3, 0.4) is 0 Å². The van der Waals surface area contributed by atoms with Crippen molar-refractivity contribution in [2.45, 2.75) is 13.8 Å². The van der Waals surface area contributed by atoms with E-state index in [0.717, 1.165) is 24.3 Å². The number of anilines is 1. The van der Waals surface area contributed by atoms with Crippen LogP contribution in [-0.4, -0.2) is 39.3 Å². The molecular formula is C16H24N2O3. The number of hydrogen-bond donors (Lipinski definition) is 2. The molecule has 1 heterocycles. The number of ether oxygens (including phenoxy) is 2. The summed E-state index contributed by atoms with van der Waals surface area (Å²) in [5.74, 6) is 1.16. The molecule has 0 radical (unpaired) electrons. The Kier molecular flexibility index (Phi) is 5.59. The fraction of sp³-hybridized carbons (Fsp3) is 0.562. The van der Waals surface area contributed by atoms with Gasteiger partial charge in [-0.2, -0.15) is 0 Å². The zero-order valence-corrected chi connectivity index (χ0v) is 12.9. The van der Waals surface area contributed by atoms with Gasteiger partial charge in [-0.3, -0.25) is 4.79 Å². The van der Waals surface area contributed by atoms with E-state index in [1.54, 1.807) is 7.11 Å². The Morgan fingerprint density at radius 1 is 1.43 bits per heavy atom. The standard InChI is InChI=1S/C16H24N2O3/c1-11-4-5-14(15(8-11)21-7-6-20-3)18-16(19)12(2)13-9-17-10-13/h4-5,8,12-13,17H,6-7,9-10H2,1-3H3,(H,18,19). The number of carbonyl (C=O) groups is 1. The van der Waals surface area contributed by atoms with Gasteiger partial charge in [0.15, 0.2) is 0 Å². The van der Waals surface area contributed by atoms with Crippen LogP contribution >= 0.6 is 0 Å². The van der Waals surface area contributed by atoms with E-state index >= 15 is 0 Å². The number of aryl methyl sites for hydroxylation is 1. The molecule has 1 aromatic rings. The molecule has 1 atom stereocenters. The smallest absolute Gasteiger partial charge is 0.227 e. The number of carbonyl (C=O) groups excluding carboxylic acids is 1. The summed E-state index contributed by atoms with van der Waals surface area (Å²) < 4.78 is 10.7. The maximum Gasteiger partial charge on any atom is 0.227 e. The van der Waals surface area contributed by atoms with Crippen LogP contribution in [0.15, 0.2) is 18.2 Å². The van der Waals surface area contributed by atoms with Crippen molar-refractivity contribution in [2.24, 2.45) is 11.8 Å². The highest BCUT2D eigenvalue weighted by Crippen LogP contribution is 2.27. The van der Waals surface area contributed by atoms with Crippen LogP contribution in [0.2, 0.25) is 0 Å². The molecular weight excluding hydrogens is 268 g/mol. The van der Waals surface area contributed by atoms with Gasteiger partial charge in [-0.05, 0) is 43.6 Å². The molecule has 1 saturated heterocycles. The summed E-state index contributed by atoms with van der Waals surface area (Å²) >= 11 is 0. The summed E-state index contributed by atoms with van der Waals surface area (Å²) in [6, 6.07) is 5.79. The van der Waals surface area contributed by atoms with Crippen molar-refractivity contribution in [3.05, 3.63) is 23.8 Å². The van der Waals surface area contributed by atoms with Gasteiger partial charge in [0.1, 0.15) is 12.4 Å². The molecule has 0 bridgehead atoms. The number of methoxy groups -OCH3 is 1. The van der Waals surface area contributed by atoms with Crippen LogP contribution in [0.1, 0.15) is 12.5 Å². The zero-order chi connectivity index (χ0) is 15.2. The third-order valence-electron chi connectivity index (χ3n) is 3.87. The minimum atomic E-state index is -0.000576. The van der Waals surface area contributed by atoms with E-state index in [0.29, 0.717) is 24.9 Å². The molecule has 2 N–H and O–H groups in total. The number of hydrogen-bond acceptors (Lipinski definition) is 4. The van der Waals surface area contributed by atoms with Crippen molar-refractivity contribution in [2.75, 3.05) is 38.7 Å². The fourth-order valence-corrected chi connectivity index (χ4v) is 2.21. The van der Waals surface area contributed by atoms with Crippen molar-refractivity contribution in [3.8, 4) is 5.75 Å². The molecule has 5 heteroatoms. The summed E-state index contributed by atoms with van der Waals surface area (Å²) in [6.45, 7) is 6.79. The number of nitrogens with one attached hydrogen (secondary N) is 2. The predicted octanol–water partition coefficient (Wildman–Crippen LogP) is 1.81. The van der Waals surface area contributed by atoms with Gasteiger partial charge in [0.05, 0.1) is 12.3 Å². The summed E-state index contributed by atoms with van der Waals surface area (Å²) in [5.41, 5.74) is 1.82. The van der Waals surface area contributed by atoms with Gasteiger partial charge in [-0.1, -0.05) is 13.0 Å². The minimum absolute atomic E-state index is 0.000576. The molecule has 0 aliphatic carbocycles. The first-order valence-electron chi connectivity index (χ1n) is 7.35. The maximum atomic E-state index is 12.3. The molecule has 0 saturated carbocycles. The maximum absolute atomic E-state index is 12.3. The van der Waals surface area contributed by atoms with Gasteiger partial charge in [-0.15, -0.1) is 0 Å². The molecule has 2 rings (SSSR count). The second-order valence-corrected chi connectivity index (χ2v) is 5.54. The Hall–Kier alpha value is -1.59. The Labute approximate surface area is 126 Å². The average molecular weight is 292 g/mol. The molecule has 1 aromatic carbocycles. The molecule has 1 aliphatic rings. The van der Waals surface area contributed by atoms with E-state index in [1.807, 2.05) is 32.0 Å². The van der Waals surface area contributed by atoms with Crippen LogP contribution in [0, 0.1) is 18.8 Å². The monoisotopic (exact) mass is 292 g/mol. The third kappa shape index (κ3) is 4.19. The van der Waals surface area contributed by atoms with E-state index in [-0.39, 0.29) is 11.8 Å². The minimum Gasteiger partial charge on any atom is -0.489 e. The average Bonchev–Trinajstić information content (AvgIpc) is 2.40. The van der Waals surface area contributed by atoms with Gasteiger partial charge < -0.3 is 20.1 Å². The molecule has 1 amide bonds. The lowest BCUT2D eigenvalue weighted by molar-refractivity contribution is -0.121. The van der Waals surface area contributed by atoms with Crippen LogP contribution in [-0.2, 0) is 9.53 Å². The second kappa shape index (κ2) is 7.43. The van der Waals surface area contributed by atoms with E-state index in [1.165, 1.54) is 0 Å². The largest absolute Gasteiger partial charge is 0.489 e. The topological polar surface area (TPSA) is 59.6 Å². The van der Waals surface area contributed by atoms with Crippen molar-refractivity contribution in [1.82, 2.24) is 5.32 Å². The predicted molar refractivity (Wildman–Crippen MR) is 82.7 cm³/mol. The van der Waals surface area contributed by atoms with Gasteiger partial charge in [-0.25, -0.2) is 0 Å². The van der Waals surface area contributed by atoms with Crippen molar-refractivity contribution >= 4 is 11.6 Å². The van der Waals surface area contributed by atoms with E-state index in [4.69, 9.17) is 9.47 Å². The van der Waals surface area contributed by atoms with Crippen molar-refractivity contribution < 1.29 is 14.3 Å². The summed E-state index contributed by atoms with van der Waals surface area (Å²) in [4.78, 5) is 12.3. The highest BCUT2D eigenvalue weighted by atomic mass is 16.5. The highest BCUT2D eigenvalue weighted by Gasteiger charge is 2.29. The van der Waals surface area contributed by atoms with Gasteiger partial charge in [0, 0.05) is 13.0 Å². The first kappa shape index (κ1) is 15.8. The first-order chi connectivity index (χ1) is 10.1. The second-order valence-electron chi connectivity index (χ2n) is 5.54. The van der Waals surface area contributed by atoms with Crippen molar-refractivity contribution in [1.29, 1.82) is 0 Å². The Morgan fingerprint density at radius 2 is 2.19 bits per heavy atom. The van der Waals surface area contributed by atoms with Crippen LogP contribution in [0.25, 0.3) is 0 Å². The highest BCUT2D eigenvalue weighted by molar-refractivity contribution is 5.94. The van der Waals surface area contributed by atoms with E-state index < -0.39 is 0 Å². The van der Waals surface area contributed by atoms with Gasteiger partial charge >= 0.3 is 0 Å². The number of amides is 1. The van der Waals surface area contributed by atoms with Crippen LogP contribution < -0.4 is 15.4 Å². The Morgan fingerprint density at radius 3 is 2.81 bits per heavy atom. The third-order valence-corrected chi connectivity index (χ3v) is 3.87. The van der Waals surface area contributed by atoms with E-state index in [9.17, 15) is 4.79 Å². The first-order valence-corrected chi connectivity index (χ1v) is 7.35.